The van der Waals surface area contributed by atoms with E-state index in [4.69, 9.17) is 4.74 Å². The van der Waals surface area contributed by atoms with Gasteiger partial charge in [-0.1, -0.05) is 0 Å². The number of hydrogen-bond donors (Lipinski definition) is 0. The summed E-state index contributed by atoms with van der Waals surface area (Å²) in [6, 6.07) is 2.19. The molecule has 1 aromatic rings. The van der Waals surface area contributed by atoms with Gasteiger partial charge in [0.1, 0.15) is 6.10 Å². The zero-order chi connectivity index (χ0) is 14.1. The highest BCUT2D eigenvalue weighted by Gasteiger charge is 2.42. The summed E-state index contributed by atoms with van der Waals surface area (Å²) in [4.78, 5) is 16.1. The molecule has 3 rings (SSSR count). The van der Waals surface area contributed by atoms with Gasteiger partial charge in [0, 0.05) is 27.2 Å². The average Bonchev–Trinajstić information content (AvgIpc) is 3.06. The Hall–Kier alpha value is -0.910. The van der Waals surface area contributed by atoms with E-state index in [-0.39, 0.29) is 18.1 Å². The highest BCUT2D eigenvalue weighted by molar-refractivity contribution is 7.07. The largest absolute Gasteiger partial charge is 0.364 e. The summed E-state index contributed by atoms with van der Waals surface area (Å²) in [5, 5.41) is 4.33. The summed E-state index contributed by atoms with van der Waals surface area (Å²) >= 11 is 1.75. The van der Waals surface area contributed by atoms with E-state index < -0.39 is 0 Å². The van der Waals surface area contributed by atoms with Gasteiger partial charge in [-0.2, -0.15) is 11.3 Å². The molecule has 0 unspecified atom stereocenters. The van der Waals surface area contributed by atoms with Gasteiger partial charge in [-0.3, -0.25) is 9.69 Å². The van der Waals surface area contributed by atoms with Crippen molar-refractivity contribution in [2.75, 3.05) is 27.2 Å². The SMILES string of the molecule is CN(C)C(=O)[C@H]1C[C@@H]2CCN(Cc3ccsc3)C[C@@H]2O1. The van der Waals surface area contributed by atoms with Gasteiger partial charge in [0.05, 0.1) is 6.10 Å². The van der Waals surface area contributed by atoms with Gasteiger partial charge in [-0.05, 0) is 47.7 Å². The first-order valence-electron chi connectivity index (χ1n) is 7.23. The zero-order valence-electron chi connectivity index (χ0n) is 12.1. The number of ether oxygens (including phenoxy) is 1. The molecule has 0 aromatic carbocycles. The van der Waals surface area contributed by atoms with Crippen molar-refractivity contribution in [3.8, 4) is 0 Å². The van der Waals surface area contributed by atoms with Crippen LogP contribution in [0.25, 0.3) is 0 Å². The minimum Gasteiger partial charge on any atom is -0.364 e. The van der Waals surface area contributed by atoms with Crippen molar-refractivity contribution in [2.45, 2.75) is 31.6 Å². The van der Waals surface area contributed by atoms with Crippen molar-refractivity contribution in [1.82, 2.24) is 9.80 Å². The average molecular weight is 294 g/mol. The molecule has 2 saturated heterocycles. The fourth-order valence-corrected chi connectivity index (χ4v) is 3.89. The normalized spacial score (nSPS) is 30.2. The van der Waals surface area contributed by atoms with E-state index in [1.54, 1.807) is 30.3 Å². The van der Waals surface area contributed by atoms with Crippen LogP contribution in [0.2, 0.25) is 0 Å². The number of hydrogen-bond acceptors (Lipinski definition) is 4. The molecule has 0 N–H and O–H groups in total. The Morgan fingerprint density at radius 3 is 3.10 bits per heavy atom. The Kier molecular flexibility index (Phi) is 4.10. The topological polar surface area (TPSA) is 32.8 Å². The minimum atomic E-state index is -0.221. The third-order valence-corrected chi connectivity index (χ3v) is 5.07. The number of likely N-dealkylation sites (tertiary alicyclic amines) is 1. The summed E-state index contributed by atoms with van der Waals surface area (Å²) in [6.07, 6.45) is 2.05. The Balaban J connectivity index is 1.57. The number of carbonyl (C=O) groups is 1. The zero-order valence-corrected chi connectivity index (χ0v) is 12.9. The quantitative estimate of drug-likeness (QED) is 0.852. The van der Waals surface area contributed by atoms with E-state index in [2.05, 4.69) is 21.7 Å². The maximum atomic E-state index is 12.0. The molecule has 0 spiro atoms. The standard InChI is InChI=1S/C15H22N2O2S/c1-16(2)15(18)13-7-12-3-5-17(9-14(12)19-13)8-11-4-6-20-10-11/h4,6,10,12-14H,3,5,7-9H2,1-2H3/t12-,13+,14-/m0/s1. The maximum absolute atomic E-state index is 12.0. The fraction of sp³-hybridized carbons (Fsp3) is 0.667. The predicted molar refractivity (Wildman–Crippen MR) is 79.7 cm³/mol. The van der Waals surface area contributed by atoms with Crippen LogP contribution in [0.4, 0.5) is 0 Å². The third kappa shape index (κ3) is 2.90. The van der Waals surface area contributed by atoms with Gasteiger partial charge in [-0.25, -0.2) is 0 Å². The van der Waals surface area contributed by atoms with Crippen molar-refractivity contribution in [1.29, 1.82) is 0 Å². The van der Waals surface area contributed by atoms with Gasteiger partial charge in [0.15, 0.2) is 0 Å². The van der Waals surface area contributed by atoms with Crippen molar-refractivity contribution >= 4 is 17.2 Å². The molecular formula is C15H22N2O2S. The summed E-state index contributed by atoms with van der Waals surface area (Å²) in [5.74, 6) is 0.673. The van der Waals surface area contributed by atoms with Crippen molar-refractivity contribution in [3.05, 3.63) is 22.4 Å². The van der Waals surface area contributed by atoms with Crippen LogP contribution < -0.4 is 0 Å². The summed E-state index contributed by atoms with van der Waals surface area (Å²) in [6.45, 7) is 3.07. The molecule has 0 bridgehead atoms. The predicted octanol–water partition coefficient (Wildman–Crippen LogP) is 1.82. The third-order valence-electron chi connectivity index (χ3n) is 4.34. The van der Waals surface area contributed by atoms with Gasteiger partial charge in [0.2, 0.25) is 0 Å². The van der Waals surface area contributed by atoms with Gasteiger partial charge in [-0.15, -0.1) is 0 Å². The number of piperidine rings is 1. The maximum Gasteiger partial charge on any atom is 0.251 e. The minimum absolute atomic E-state index is 0.115. The Morgan fingerprint density at radius 2 is 2.40 bits per heavy atom. The first-order chi connectivity index (χ1) is 9.63. The van der Waals surface area contributed by atoms with Crippen LogP contribution in [0, 0.1) is 5.92 Å². The van der Waals surface area contributed by atoms with Crippen molar-refractivity contribution in [2.24, 2.45) is 5.92 Å². The molecule has 5 heteroatoms. The molecule has 0 saturated carbocycles. The molecule has 1 aromatic heterocycles. The molecule has 2 aliphatic rings. The smallest absolute Gasteiger partial charge is 0.251 e. The lowest BCUT2D eigenvalue weighted by Crippen LogP contribution is -2.42. The number of likely N-dealkylation sites (N-methyl/N-ethyl adjacent to an activating group) is 1. The second-order valence-corrected chi connectivity index (χ2v) is 6.83. The summed E-state index contributed by atoms with van der Waals surface area (Å²) in [5.41, 5.74) is 1.38. The van der Waals surface area contributed by atoms with E-state index >= 15 is 0 Å². The lowest BCUT2D eigenvalue weighted by molar-refractivity contribution is -0.141. The number of thiophene rings is 1. The molecule has 20 heavy (non-hydrogen) atoms. The van der Waals surface area contributed by atoms with E-state index in [0.717, 1.165) is 32.5 Å². The van der Waals surface area contributed by atoms with Crippen LogP contribution in [0.15, 0.2) is 16.8 Å². The van der Waals surface area contributed by atoms with Crippen molar-refractivity contribution < 1.29 is 9.53 Å². The Labute approximate surface area is 124 Å². The molecular weight excluding hydrogens is 272 g/mol. The molecule has 0 aliphatic carbocycles. The second-order valence-electron chi connectivity index (χ2n) is 6.05. The number of nitrogens with zero attached hydrogens (tertiary/aromatic N) is 2. The summed E-state index contributed by atoms with van der Waals surface area (Å²) < 4.78 is 6.01. The fourth-order valence-electron chi connectivity index (χ4n) is 3.23. The van der Waals surface area contributed by atoms with Gasteiger partial charge in [0.25, 0.3) is 5.91 Å². The first kappa shape index (κ1) is 14.0. The van der Waals surface area contributed by atoms with Crippen LogP contribution in [0.1, 0.15) is 18.4 Å². The van der Waals surface area contributed by atoms with Crippen LogP contribution in [0.3, 0.4) is 0 Å². The highest BCUT2D eigenvalue weighted by atomic mass is 32.1. The number of carbonyl (C=O) groups excluding carboxylic acids is 1. The molecule has 0 radical (unpaired) electrons. The number of fused-ring (bicyclic) bond motifs is 1. The van der Waals surface area contributed by atoms with Gasteiger partial charge < -0.3 is 9.64 Å². The molecule has 1 amide bonds. The molecule has 3 atom stereocenters. The number of rotatable bonds is 3. The molecule has 4 nitrogen and oxygen atoms in total. The van der Waals surface area contributed by atoms with Gasteiger partial charge >= 0.3 is 0 Å². The molecule has 3 heterocycles. The first-order valence-corrected chi connectivity index (χ1v) is 8.18. The van der Waals surface area contributed by atoms with E-state index in [1.807, 2.05) is 0 Å². The van der Waals surface area contributed by atoms with Crippen molar-refractivity contribution in [3.63, 3.8) is 0 Å². The van der Waals surface area contributed by atoms with Crippen LogP contribution in [-0.2, 0) is 16.1 Å². The van der Waals surface area contributed by atoms with Crippen LogP contribution in [0.5, 0.6) is 0 Å². The molecule has 2 fully saturated rings. The van der Waals surface area contributed by atoms with E-state index in [9.17, 15) is 4.79 Å². The summed E-state index contributed by atoms with van der Waals surface area (Å²) in [7, 11) is 3.60. The van der Waals surface area contributed by atoms with E-state index in [1.165, 1.54) is 5.56 Å². The van der Waals surface area contributed by atoms with Crippen LogP contribution >= 0.6 is 11.3 Å². The molecule has 2 aliphatic heterocycles. The number of amides is 1. The van der Waals surface area contributed by atoms with E-state index in [0.29, 0.717) is 5.92 Å². The highest BCUT2D eigenvalue weighted by Crippen LogP contribution is 2.34. The Bertz CT molecular complexity index is 460. The second kappa shape index (κ2) is 5.84. The molecule has 110 valence electrons. The lowest BCUT2D eigenvalue weighted by Gasteiger charge is -2.33. The van der Waals surface area contributed by atoms with Crippen LogP contribution in [-0.4, -0.2) is 55.1 Å². The lowest BCUT2D eigenvalue weighted by atomic mass is 9.91. The monoisotopic (exact) mass is 294 g/mol. The Morgan fingerprint density at radius 1 is 1.55 bits per heavy atom.